The molecule has 124 valence electrons. The van der Waals surface area contributed by atoms with E-state index < -0.39 is 0 Å². The summed E-state index contributed by atoms with van der Waals surface area (Å²) in [6.45, 7) is 0.850. The van der Waals surface area contributed by atoms with Crippen LogP contribution in [0, 0.1) is 5.92 Å². The van der Waals surface area contributed by atoms with E-state index in [-0.39, 0.29) is 18.4 Å². The molecule has 0 saturated heterocycles. The molecule has 23 heavy (non-hydrogen) atoms. The van der Waals surface area contributed by atoms with E-state index >= 15 is 0 Å². The molecule has 0 spiro atoms. The number of fused-ring (bicyclic) bond motifs is 1. The molecule has 1 N–H and O–H groups in total. The molecule has 1 heterocycles. The van der Waals surface area contributed by atoms with Gasteiger partial charge in [0.25, 0.3) is 0 Å². The first-order chi connectivity index (χ1) is 11.2. The Morgan fingerprint density at radius 3 is 2.83 bits per heavy atom. The molecule has 0 radical (unpaired) electrons. The van der Waals surface area contributed by atoms with Gasteiger partial charge < -0.3 is 10.2 Å². The maximum atomic E-state index is 12.2. The Labute approximate surface area is 142 Å². The maximum Gasteiger partial charge on any atom is 0.240 e. The summed E-state index contributed by atoms with van der Waals surface area (Å²) in [5.41, 5.74) is 0.858. The molecule has 1 saturated carbocycles. The van der Waals surface area contributed by atoms with E-state index in [1.165, 1.54) is 32.1 Å². The second-order valence-electron chi connectivity index (χ2n) is 6.38. The topological polar surface area (TPSA) is 49.4 Å². The normalized spacial score (nSPS) is 18.6. The van der Waals surface area contributed by atoms with Crippen molar-refractivity contribution in [2.75, 3.05) is 23.7 Å². The van der Waals surface area contributed by atoms with Crippen LogP contribution in [0.2, 0.25) is 0 Å². The van der Waals surface area contributed by atoms with Gasteiger partial charge in [0, 0.05) is 11.4 Å². The van der Waals surface area contributed by atoms with Crippen LogP contribution in [-0.4, -0.2) is 30.7 Å². The summed E-state index contributed by atoms with van der Waals surface area (Å²) >= 11 is 1.54. The molecule has 0 unspecified atom stereocenters. The van der Waals surface area contributed by atoms with E-state index in [4.69, 9.17) is 0 Å². The summed E-state index contributed by atoms with van der Waals surface area (Å²) in [5, 5.41) is 2.99. The van der Waals surface area contributed by atoms with E-state index in [2.05, 4.69) is 5.32 Å². The highest BCUT2D eigenvalue weighted by molar-refractivity contribution is 8.00. The second-order valence-corrected chi connectivity index (χ2v) is 7.40. The molecule has 1 fully saturated rings. The summed E-state index contributed by atoms with van der Waals surface area (Å²) in [6.07, 6.45) is 7.67. The lowest BCUT2D eigenvalue weighted by atomic mass is 9.87. The number of benzene rings is 1. The Morgan fingerprint density at radius 2 is 2.00 bits per heavy atom. The molecule has 0 aromatic heterocycles. The van der Waals surface area contributed by atoms with Gasteiger partial charge in [0.05, 0.1) is 11.4 Å². The van der Waals surface area contributed by atoms with Gasteiger partial charge in [0.2, 0.25) is 11.8 Å². The Kier molecular flexibility index (Phi) is 5.60. The number of nitrogens with one attached hydrogen (secondary N) is 1. The molecule has 5 heteroatoms. The minimum Gasteiger partial charge on any atom is -0.355 e. The fourth-order valence-electron chi connectivity index (χ4n) is 3.42. The predicted octanol–water partition coefficient (Wildman–Crippen LogP) is 3.21. The van der Waals surface area contributed by atoms with Crippen molar-refractivity contribution in [3.05, 3.63) is 24.3 Å². The van der Waals surface area contributed by atoms with Gasteiger partial charge in [-0.05, 0) is 24.5 Å². The number of carbonyl (C=O) groups is 2. The van der Waals surface area contributed by atoms with E-state index in [0.717, 1.165) is 29.5 Å². The van der Waals surface area contributed by atoms with Crippen LogP contribution in [0.25, 0.3) is 0 Å². The highest BCUT2D eigenvalue weighted by Crippen LogP contribution is 2.34. The summed E-state index contributed by atoms with van der Waals surface area (Å²) in [5.74, 6) is 1.12. The molecular formula is C18H24N2O2S. The van der Waals surface area contributed by atoms with Gasteiger partial charge in [-0.15, -0.1) is 11.8 Å². The van der Waals surface area contributed by atoms with Crippen LogP contribution in [-0.2, 0) is 9.59 Å². The van der Waals surface area contributed by atoms with Crippen LogP contribution in [0.15, 0.2) is 29.2 Å². The molecule has 0 bridgehead atoms. The molecule has 3 rings (SSSR count). The Hall–Kier alpha value is -1.49. The SMILES string of the molecule is O=C(CN1C(=O)CSc2ccccc21)NCCC1CCCCC1. The molecule has 2 amide bonds. The predicted molar refractivity (Wildman–Crippen MR) is 93.7 cm³/mol. The van der Waals surface area contributed by atoms with E-state index in [1.807, 2.05) is 24.3 Å². The number of nitrogens with zero attached hydrogens (tertiary/aromatic N) is 1. The standard InChI is InChI=1S/C18H24N2O2S/c21-17(19-11-10-14-6-2-1-3-7-14)12-20-15-8-4-5-9-16(15)23-13-18(20)22/h4-5,8-9,14H,1-3,6-7,10-13H2,(H,19,21). The second kappa shape index (κ2) is 7.86. The van der Waals surface area contributed by atoms with Gasteiger partial charge in [-0.1, -0.05) is 44.2 Å². The van der Waals surface area contributed by atoms with Crippen LogP contribution >= 0.6 is 11.8 Å². The van der Waals surface area contributed by atoms with E-state index in [0.29, 0.717) is 5.75 Å². The van der Waals surface area contributed by atoms with Crippen LogP contribution in [0.1, 0.15) is 38.5 Å². The van der Waals surface area contributed by atoms with Crippen molar-refractivity contribution < 1.29 is 9.59 Å². The largest absolute Gasteiger partial charge is 0.355 e. The average molecular weight is 332 g/mol. The van der Waals surface area contributed by atoms with Crippen molar-refractivity contribution in [3.8, 4) is 0 Å². The number of carbonyl (C=O) groups excluding carboxylic acids is 2. The number of rotatable bonds is 5. The van der Waals surface area contributed by atoms with Gasteiger partial charge in [0.1, 0.15) is 6.54 Å². The molecule has 1 aliphatic heterocycles. The first kappa shape index (κ1) is 16.4. The number of anilines is 1. The van der Waals surface area contributed by atoms with E-state index in [1.54, 1.807) is 16.7 Å². The van der Waals surface area contributed by atoms with Crippen molar-refractivity contribution in [1.82, 2.24) is 5.32 Å². The summed E-state index contributed by atoms with van der Waals surface area (Å²) in [6, 6.07) is 7.78. The summed E-state index contributed by atoms with van der Waals surface area (Å²) < 4.78 is 0. The molecular weight excluding hydrogens is 308 g/mol. The fourth-order valence-corrected chi connectivity index (χ4v) is 4.35. The molecule has 1 aromatic rings. The third-order valence-corrected chi connectivity index (χ3v) is 5.76. The van der Waals surface area contributed by atoms with Crippen molar-refractivity contribution in [2.24, 2.45) is 5.92 Å². The highest BCUT2D eigenvalue weighted by Gasteiger charge is 2.26. The Morgan fingerprint density at radius 1 is 1.22 bits per heavy atom. The minimum atomic E-state index is -0.0594. The minimum absolute atomic E-state index is 0.0103. The molecule has 0 atom stereocenters. The summed E-state index contributed by atoms with van der Waals surface area (Å²) in [7, 11) is 0. The lowest BCUT2D eigenvalue weighted by molar-refractivity contribution is -0.123. The Bertz CT molecular complexity index is 570. The van der Waals surface area contributed by atoms with Crippen molar-refractivity contribution in [1.29, 1.82) is 0 Å². The monoisotopic (exact) mass is 332 g/mol. The first-order valence-electron chi connectivity index (χ1n) is 8.53. The third kappa shape index (κ3) is 4.28. The molecule has 2 aliphatic rings. The quantitative estimate of drug-likeness (QED) is 0.901. The van der Waals surface area contributed by atoms with Crippen molar-refractivity contribution in [2.45, 2.75) is 43.4 Å². The van der Waals surface area contributed by atoms with Gasteiger partial charge in [-0.2, -0.15) is 0 Å². The Balaban J connectivity index is 1.50. The highest BCUT2D eigenvalue weighted by atomic mass is 32.2. The van der Waals surface area contributed by atoms with Gasteiger partial charge >= 0.3 is 0 Å². The number of hydrogen-bond donors (Lipinski definition) is 1. The molecule has 1 aliphatic carbocycles. The zero-order chi connectivity index (χ0) is 16.1. The maximum absolute atomic E-state index is 12.2. The van der Waals surface area contributed by atoms with Crippen molar-refractivity contribution >= 4 is 29.3 Å². The fraction of sp³-hybridized carbons (Fsp3) is 0.556. The van der Waals surface area contributed by atoms with Gasteiger partial charge in [-0.3, -0.25) is 9.59 Å². The van der Waals surface area contributed by atoms with Crippen LogP contribution in [0.5, 0.6) is 0 Å². The molecule has 4 nitrogen and oxygen atoms in total. The number of amides is 2. The van der Waals surface area contributed by atoms with E-state index in [9.17, 15) is 9.59 Å². The molecule has 1 aromatic carbocycles. The van der Waals surface area contributed by atoms with Crippen LogP contribution in [0.3, 0.4) is 0 Å². The van der Waals surface area contributed by atoms with Crippen molar-refractivity contribution in [3.63, 3.8) is 0 Å². The third-order valence-electron chi connectivity index (χ3n) is 4.71. The lowest BCUT2D eigenvalue weighted by Gasteiger charge is -2.28. The zero-order valence-corrected chi connectivity index (χ0v) is 14.2. The van der Waals surface area contributed by atoms with Crippen LogP contribution in [0.4, 0.5) is 5.69 Å². The lowest BCUT2D eigenvalue weighted by Crippen LogP contribution is -2.43. The number of para-hydroxylation sites is 1. The first-order valence-corrected chi connectivity index (χ1v) is 9.51. The zero-order valence-electron chi connectivity index (χ0n) is 13.4. The van der Waals surface area contributed by atoms with Gasteiger partial charge in [-0.25, -0.2) is 0 Å². The summed E-state index contributed by atoms with van der Waals surface area (Å²) in [4.78, 5) is 27.0. The smallest absolute Gasteiger partial charge is 0.240 e. The van der Waals surface area contributed by atoms with Gasteiger partial charge in [0.15, 0.2) is 0 Å². The number of hydrogen-bond acceptors (Lipinski definition) is 3. The average Bonchev–Trinajstić information content (AvgIpc) is 2.58. The number of thioether (sulfide) groups is 1. The van der Waals surface area contributed by atoms with Crippen LogP contribution < -0.4 is 10.2 Å².